The van der Waals surface area contributed by atoms with E-state index < -0.39 is 0 Å². The largest absolute Gasteiger partial charge is 0.453 e. The molecule has 0 N–H and O–H groups in total. The zero-order chi connectivity index (χ0) is 11.5. The van der Waals surface area contributed by atoms with Crippen LogP contribution >= 0.6 is 0 Å². The Morgan fingerprint density at radius 1 is 1.31 bits per heavy atom. The van der Waals surface area contributed by atoms with Crippen molar-refractivity contribution in [1.29, 1.82) is 0 Å². The number of hydrogen-bond acceptors (Lipinski definition) is 2. The predicted molar refractivity (Wildman–Crippen MR) is 58.7 cm³/mol. The summed E-state index contributed by atoms with van der Waals surface area (Å²) in [5.41, 5.74) is 0.634. The number of carbonyl (C=O) groups is 1. The third-order valence-electron chi connectivity index (χ3n) is 2.31. The predicted octanol–water partition coefficient (Wildman–Crippen LogP) is 3.68. The van der Waals surface area contributed by atoms with Crippen LogP contribution in [0.1, 0.15) is 23.9 Å². The fraction of sp³-hybridized carbons (Fsp3) is 0.154. The highest BCUT2D eigenvalue weighted by molar-refractivity contribution is 5.93. The Morgan fingerprint density at radius 2 is 2.12 bits per heavy atom. The lowest BCUT2D eigenvalue weighted by Gasteiger charge is -1.96. The zero-order valence-electron chi connectivity index (χ0n) is 8.87. The molecule has 1 aromatic heterocycles. The fourth-order valence-electron chi connectivity index (χ4n) is 1.46. The van der Waals surface area contributed by atoms with Gasteiger partial charge in [0, 0.05) is 12.0 Å². The zero-order valence-corrected chi connectivity index (χ0v) is 8.87. The van der Waals surface area contributed by atoms with Crippen molar-refractivity contribution in [2.45, 2.75) is 13.3 Å². The summed E-state index contributed by atoms with van der Waals surface area (Å²) in [5.74, 6) is 0.456. The second-order valence-corrected chi connectivity index (χ2v) is 3.45. The summed E-state index contributed by atoms with van der Waals surface area (Å²) < 4.78 is 18.3. The molecule has 0 spiro atoms. The van der Waals surface area contributed by atoms with E-state index in [0.29, 0.717) is 23.5 Å². The molecule has 0 unspecified atom stereocenters. The topological polar surface area (TPSA) is 30.2 Å². The third kappa shape index (κ3) is 2.03. The van der Waals surface area contributed by atoms with Gasteiger partial charge in [-0.15, -0.1) is 0 Å². The first-order valence-electron chi connectivity index (χ1n) is 5.09. The summed E-state index contributed by atoms with van der Waals surface area (Å²) in [6.45, 7) is 1.77. The van der Waals surface area contributed by atoms with Crippen molar-refractivity contribution in [2.75, 3.05) is 0 Å². The van der Waals surface area contributed by atoms with E-state index in [1.54, 1.807) is 31.2 Å². The van der Waals surface area contributed by atoms with Crippen LogP contribution < -0.4 is 0 Å². The van der Waals surface area contributed by atoms with E-state index in [4.69, 9.17) is 4.42 Å². The number of carbonyl (C=O) groups excluding carboxylic acids is 1. The number of halogens is 1. The van der Waals surface area contributed by atoms with E-state index in [1.807, 2.05) is 0 Å². The van der Waals surface area contributed by atoms with E-state index in [1.165, 1.54) is 12.1 Å². The van der Waals surface area contributed by atoms with Crippen LogP contribution in [0.5, 0.6) is 0 Å². The lowest BCUT2D eigenvalue weighted by molar-refractivity contribution is 0.0962. The molecule has 82 valence electrons. The first kappa shape index (κ1) is 10.6. The van der Waals surface area contributed by atoms with Gasteiger partial charge in [0.05, 0.1) is 0 Å². The molecule has 2 aromatic rings. The Morgan fingerprint density at radius 3 is 2.81 bits per heavy atom. The molecule has 0 aliphatic heterocycles. The van der Waals surface area contributed by atoms with Crippen molar-refractivity contribution in [1.82, 2.24) is 0 Å². The van der Waals surface area contributed by atoms with Gasteiger partial charge in [-0.2, -0.15) is 0 Å². The van der Waals surface area contributed by atoms with Gasteiger partial charge in [-0.25, -0.2) is 4.39 Å². The lowest BCUT2D eigenvalue weighted by atomic mass is 10.2. The molecule has 0 radical (unpaired) electrons. The summed E-state index contributed by atoms with van der Waals surface area (Å²) >= 11 is 0. The Kier molecular flexibility index (Phi) is 2.86. The van der Waals surface area contributed by atoms with Gasteiger partial charge in [0.25, 0.3) is 0 Å². The van der Waals surface area contributed by atoms with Crippen LogP contribution in [0.2, 0.25) is 0 Å². The smallest absolute Gasteiger partial charge is 0.197 e. The Labute approximate surface area is 92.7 Å². The minimum absolute atomic E-state index is 0.0531. The minimum Gasteiger partial charge on any atom is -0.453 e. The molecule has 0 bridgehead atoms. The maximum absolute atomic E-state index is 13.0. The summed E-state index contributed by atoms with van der Waals surface area (Å²) in [7, 11) is 0. The molecule has 3 heteroatoms. The summed E-state index contributed by atoms with van der Waals surface area (Å²) in [6.07, 6.45) is 0.399. The Hall–Kier alpha value is -1.90. The average Bonchev–Trinajstić information content (AvgIpc) is 2.77. The SMILES string of the molecule is CCC(=O)c1ccc(-c2cccc(F)c2)o1. The number of rotatable bonds is 3. The van der Waals surface area contributed by atoms with Gasteiger partial charge in [0.15, 0.2) is 11.5 Å². The second-order valence-electron chi connectivity index (χ2n) is 3.45. The van der Waals surface area contributed by atoms with Crippen LogP contribution in [0.15, 0.2) is 40.8 Å². The van der Waals surface area contributed by atoms with Crippen LogP contribution in [-0.4, -0.2) is 5.78 Å². The number of benzene rings is 1. The molecule has 1 heterocycles. The fourth-order valence-corrected chi connectivity index (χ4v) is 1.46. The molecular weight excluding hydrogens is 207 g/mol. The van der Waals surface area contributed by atoms with Crippen LogP contribution in [0.25, 0.3) is 11.3 Å². The van der Waals surface area contributed by atoms with Gasteiger partial charge in [0.2, 0.25) is 0 Å². The molecule has 0 amide bonds. The molecule has 1 aromatic carbocycles. The van der Waals surface area contributed by atoms with Crippen molar-refractivity contribution in [3.63, 3.8) is 0 Å². The number of ketones is 1. The highest BCUT2D eigenvalue weighted by atomic mass is 19.1. The molecule has 0 aliphatic carbocycles. The van der Waals surface area contributed by atoms with Crippen molar-refractivity contribution in [3.05, 3.63) is 48.0 Å². The normalized spacial score (nSPS) is 10.4. The molecule has 0 atom stereocenters. The van der Waals surface area contributed by atoms with Crippen molar-refractivity contribution >= 4 is 5.78 Å². The van der Waals surface area contributed by atoms with Crippen LogP contribution in [0.4, 0.5) is 4.39 Å². The van der Waals surface area contributed by atoms with Gasteiger partial charge >= 0.3 is 0 Å². The number of hydrogen-bond donors (Lipinski definition) is 0. The van der Waals surface area contributed by atoms with Gasteiger partial charge in [-0.1, -0.05) is 19.1 Å². The van der Waals surface area contributed by atoms with E-state index >= 15 is 0 Å². The summed E-state index contributed by atoms with van der Waals surface area (Å²) in [4.78, 5) is 11.4. The minimum atomic E-state index is -0.322. The standard InChI is InChI=1S/C13H11FO2/c1-2-11(15)13-7-6-12(16-13)9-4-3-5-10(14)8-9/h3-8H,2H2,1H3. The van der Waals surface area contributed by atoms with Crippen LogP contribution in [-0.2, 0) is 0 Å². The molecule has 16 heavy (non-hydrogen) atoms. The summed E-state index contributed by atoms with van der Waals surface area (Å²) in [5, 5.41) is 0. The Bertz CT molecular complexity index is 514. The highest BCUT2D eigenvalue weighted by Gasteiger charge is 2.10. The molecule has 2 nitrogen and oxygen atoms in total. The molecule has 0 fully saturated rings. The summed E-state index contributed by atoms with van der Waals surface area (Å²) in [6, 6.07) is 9.38. The van der Waals surface area contributed by atoms with Gasteiger partial charge < -0.3 is 4.42 Å². The van der Waals surface area contributed by atoms with Crippen molar-refractivity contribution < 1.29 is 13.6 Å². The van der Waals surface area contributed by atoms with E-state index in [-0.39, 0.29) is 11.6 Å². The molecule has 0 saturated carbocycles. The molecular formula is C13H11FO2. The third-order valence-corrected chi connectivity index (χ3v) is 2.31. The number of furan rings is 1. The average molecular weight is 218 g/mol. The van der Waals surface area contributed by atoms with E-state index in [0.717, 1.165) is 0 Å². The quantitative estimate of drug-likeness (QED) is 0.735. The van der Waals surface area contributed by atoms with Crippen LogP contribution in [0.3, 0.4) is 0 Å². The number of Topliss-reactive ketones (excluding diaryl/α,β-unsaturated/α-hetero) is 1. The monoisotopic (exact) mass is 218 g/mol. The molecule has 2 rings (SSSR count). The van der Waals surface area contributed by atoms with E-state index in [9.17, 15) is 9.18 Å². The Balaban J connectivity index is 2.35. The van der Waals surface area contributed by atoms with Gasteiger partial charge in [-0.3, -0.25) is 4.79 Å². The first-order chi connectivity index (χ1) is 7.70. The molecule has 0 aliphatic rings. The first-order valence-corrected chi connectivity index (χ1v) is 5.09. The van der Waals surface area contributed by atoms with Crippen LogP contribution in [0, 0.1) is 5.82 Å². The molecule has 0 saturated heterocycles. The van der Waals surface area contributed by atoms with E-state index in [2.05, 4.69) is 0 Å². The van der Waals surface area contributed by atoms with Crippen molar-refractivity contribution in [2.24, 2.45) is 0 Å². The lowest BCUT2D eigenvalue weighted by Crippen LogP contribution is -1.92. The maximum Gasteiger partial charge on any atom is 0.197 e. The highest BCUT2D eigenvalue weighted by Crippen LogP contribution is 2.23. The van der Waals surface area contributed by atoms with Gasteiger partial charge in [-0.05, 0) is 24.3 Å². The maximum atomic E-state index is 13.0. The van der Waals surface area contributed by atoms with Crippen molar-refractivity contribution in [3.8, 4) is 11.3 Å². The van der Waals surface area contributed by atoms with Gasteiger partial charge in [0.1, 0.15) is 11.6 Å². The second kappa shape index (κ2) is 4.31.